The van der Waals surface area contributed by atoms with Gasteiger partial charge in [0.2, 0.25) is 5.91 Å². The summed E-state index contributed by atoms with van der Waals surface area (Å²) in [6.07, 6.45) is 3.99. The lowest BCUT2D eigenvalue weighted by Crippen LogP contribution is -2.20. The minimum atomic E-state index is 0.0303. The number of carbonyl (C=O) groups is 1. The number of nitrogens with zero attached hydrogens (tertiary/aromatic N) is 2. The molecule has 0 saturated heterocycles. The summed E-state index contributed by atoms with van der Waals surface area (Å²) in [5, 5.41) is 2.85. The summed E-state index contributed by atoms with van der Waals surface area (Å²) in [7, 11) is 0. The molecule has 1 heterocycles. The zero-order valence-electron chi connectivity index (χ0n) is 17.9. The standard InChI is InChI=1S/C24H31N3O3/c1-3-29-22-13-8-9-14-23(22)30-18-17-27-21-12-7-6-11-20(21)26-24(27)15-5-4-10-16-25-19(2)28/h6-9,11-14H,3-5,10,15-18H2,1-2H3,(H,25,28). The van der Waals surface area contributed by atoms with E-state index in [0.29, 0.717) is 13.2 Å². The van der Waals surface area contributed by atoms with Crippen LogP contribution in [-0.2, 0) is 17.8 Å². The molecule has 6 nitrogen and oxygen atoms in total. The zero-order chi connectivity index (χ0) is 21.2. The van der Waals surface area contributed by atoms with E-state index in [1.54, 1.807) is 6.92 Å². The van der Waals surface area contributed by atoms with Gasteiger partial charge in [-0.3, -0.25) is 4.79 Å². The van der Waals surface area contributed by atoms with Crippen molar-refractivity contribution >= 4 is 16.9 Å². The number of unbranched alkanes of at least 4 members (excludes halogenated alkanes) is 2. The van der Waals surface area contributed by atoms with Crippen LogP contribution in [0.2, 0.25) is 0 Å². The molecular formula is C24H31N3O3. The van der Waals surface area contributed by atoms with E-state index in [2.05, 4.69) is 22.0 Å². The number of benzene rings is 2. The van der Waals surface area contributed by atoms with Gasteiger partial charge in [-0.1, -0.05) is 30.7 Å². The highest BCUT2D eigenvalue weighted by molar-refractivity contribution is 5.75. The van der Waals surface area contributed by atoms with Crippen LogP contribution in [0, 0.1) is 0 Å². The summed E-state index contributed by atoms with van der Waals surface area (Å²) < 4.78 is 13.9. The van der Waals surface area contributed by atoms with Crippen molar-refractivity contribution < 1.29 is 14.3 Å². The van der Waals surface area contributed by atoms with Crippen molar-refractivity contribution in [2.45, 2.75) is 46.1 Å². The molecule has 0 aliphatic carbocycles. The van der Waals surface area contributed by atoms with Crippen LogP contribution in [0.25, 0.3) is 11.0 Å². The Morgan fingerprint density at radius 2 is 1.73 bits per heavy atom. The molecule has 1 aromatic heterocycles. The van der Waals surface area contributed by atoms with Crippen LogP contribution < -0.4 is 14.8 Å². The fraction of sp³-hybridized carbons (Fsp3) is 0.417. The molecule has 0 fully saturated rings. The minimum absolute atomic E-state index is 0.0303. The number of hydrogen-bond donors (Lipinski definition) is 1. The maximum atomic E-state index is 11.0. The zero-order valence-corrected chi connectivity index (χ0v) is 17.9. The molecule has 0 aliphatic rings. The van der Waals surface area contributed by atoms with Gasteiger partial charge in [0.1, 0.15) is 12.4 Å². The van der Waals surface area contributed by atoms with Gasteiger partial charge in [0.05, 0.1) is 24.2 Å². The molecule has 160 valence electrons. The SMILES string of the molecule is CCOc1ccccc1OCCn1c(CCCCCNC(C)=O)nc2ccccc21. The molecule has 30 heavy (non-hydrogen) atoms. The van der Waals surface area contributed by atoms with Crippen molar-refractivity contribution in [1.82, 2.24) is 14.9 Å². The highest BCUT2D eigenvalue weighted by Gasteiger charge is 2.11. The van der Waals surface area contributed by atoms with Gasteiger partial charge >= 0.3 is 0 Å². The monoisotopic (exact) mass is 409 g/mol. The normalized spacial score (nSPS) is 10.9. The van der Waals surface area contributed by atoms with E-state index in [1.807, 2.05) is 43.3 Å². The third-order valence-electron chi connectivity index (χ3n) is 4.91. The van der Waals surface area contributed by atoms with Gasteiger partial charge in [0, 0.05) is 19.9 Å². The molecule has 1 amide bonds. The van der Waals surface area contributed by atoms with Gasteiger partial charge in [0.25, 0.3) is 0 Å². The maximum absolute atomic E-state index is 11.0. The van der Waals surface area contributed by atoms with Crippen molar-refractivity contribution in [3.05, 3.63) is 54.4 Å². The Morgan fingerprint density at radius 3 is 2.50 bits per heavy atom. The number of fused-ring (bicyclic) bond motifs is 1. The summed E-state index contributed by atoms with van der Waals surface area (Å²) >= 11 is 0. The predicted octanol–water partition coefficient (Wildman–Crippen LogP) is 4.36. The van der Waals surface area contributed by atoms with E-state index < -0.39 is 0 Å². The first-order valence-electron chi connectivity index (χ1n) is 10.7. The fourth-order valence-electron chi connectivity index (χ4n) is 3.51. The molecule has 1 N–H and O–H groups in total. The van der Waals surface area contributed by atoms with E-state index in [1.165, 1.54) is 0 Å². The number of rotatable bonds is 12. The third-order valence-corrected chi connectivity index (χ3v) is 4.91. The van der Waals surface area contributed by atoms with Crippen LogP contribution in [0.4, 0.5) is 0 Å². The number of para-hydroxylation sites is 4. The summed E-state index contributed by atoms with van der Waals surface area (Å²) in [5.74, 6) is 2.65. The average molecular weight is 410 g/mol. The number of hydrogen-bond acceptors (Lipinski definition) is 4. The Hall–Kier alpha value is -3.02. The quantitative estimate of drug-likeness (QED) is 0.451. The highest BCUT2D eigenvalue weighted by Crippen LogP contribution is 2.26. The van der Waals surface area contributed by atoms with E-state index in [0.717, 1.165) is 67.1 Å². The molecule has 0 atom stereocenters. The lowest BCUT2D eigenvalue weighted by molar-refractivity contribution is -0.118. The number of amides is 1. The number of aromatic nitrogens is 2. The first kappa shape index (κ1) is 21.7. The van der Waals surface area contributed by atoms with E-state index in [9.17, 15) is 4.79 Å². The molecule has 0 radical (unpaired) electrons. The van der Waals surface area contributed by atoms with Gasteiger partial charge in [-0.05, 0) is 44.0 Å². The van der Waals surface area contributed by atoms with Gasteiger partial charge in [0.15, 0.2) is 11.5 Å². The van der Waals surface area contributed by atoms with Crippen molar-refractivity contribution in [2.75, 3.05) is 19.8 Å². The molecule has 6 heteroatoms. The molecule has 3 aromatic rings. The minimum Gasteiger partial charge on any atom is -0.490 e. The smallest absolute Gasteiger partial charge is 0.216 e. The average Bonchev–Trinajstić information content (AvgIpc) is 3.09. The van der Waals surface area contributed by atoms with Crippen molar-refractivity contribution in [2.24, 2.45) is 0 Å². The lowest BCUT2D eigenvalue weighted by atomic mass is 10.2. The largest absolute Gasteiger partial charge is 0.490 e. The van der Waals surface area contributed by atoms with E-state index in [4.69, 9.17) is 14.5 Å². The topological polar surface area (TPSA) is 65.4 Å². The molecule has 0 saturated carbocycles. The maximum Gasteiger partial charge on any atom is 0.216 e. The summed E-state index contributed by atoms with van der Waals surface area (Å²) in [6.45, 7) is 6.13. The molecule has 0 unspecified atom stereocenters. The second-order valence-electron chi connectivity index (χ2n) is 7.19. The molecule has 0 bridgehead atoms. The first-order valence-corrected chi connectivity index (χ1v) is 10.7. The summed E-state index contributed by atoms with van der Waals surface area (Å²) in [5.41, 5.74) is 2.15. The Kier molecular flexibility index (Phi) is 8.12. The fourth-order valence-corrected chi connectivity index (χ4v) is 3.51. The summed E-state index contributed by atoms with van der Waals surface area (Å²) in [4.78, 5) is 15.8. The molecule has 0 aliphatic heterocycles. The van der Waals surface area contributed by atoms with Crippen LogP contribution in [0.15, 0.2) is 48.5 Å². The van der Waals surface area contributed by atoms with E-state index >= 15 is 0 Å². The van der Waals surface area contributed by atoms with Crippen LogP contribution in [-0.4, -0.2) is 35.2 Å². The second kappa shape index (κ2) is 11.2. The van der Waals surface area contributed by atoms with Crippen molar-refractivity contribution in [1.29, 1.82) is 0 Å². The van der Waals surface area contributed by atoms with Gasteiger partial charge < -0.3 is 19.4 Å². The first-order chi connectivity index (χ1) is 14.7. The van der Waals surface area contributed by atoms with Crippen molar-refractivity contribution in [3.8, 4) is 11.5 Å². The van der Waals surface area contributed by atoms with Gasteiger partial charge in [-0.25, -0.2) is 4.98 Å². The molecule has 2 aromatic carbocycles. The Morgan fingerprint density at radius 1 is 1.00 bits per heavy atom. The lowest BCUT2D eigenvalue weighted by Gasteiger charge is -2.13. The molecular weight excluding hydrogens is 378 g/mol. The van der Waals surface area contributed by atoms with Gasteiger partial charge in [-0.15, -0.1) is 0 Å². The number of aryl methyl sites for hydroxylation is 1. The van der Waals surface area contributed by atoms with Crippen LogP contribution in [0.3, 0.4) is 0 Å². The second-order valence-corrected chi connectivity index (χ2v) is 7.19. The molecule has 0 spiro atoms. The number of imidazole rings is 1. The number of nitrogens with one attached hydrogen (secondary N) is 1. The van der Waals surface area contributed by atoms with E-state index in [-0.39, 0.29) is 5.91 Å². The highest BCUT2D eigenvalue weighted by atomic mass is 16.5. The van der Waals surface area contributed by atoms with Crippen LogP contribution >= 0.6 is 0 Å². The Labute approximate surface area is 178 Å². The Bertz CT molecular complexity index is 952. The van der Waals surface area contributed by atoms with Crippen molar-refractivity contribution in [3.63, 3.8) is 0 Å². The third kappa shape index (κ3) is 5.99. The number of carbonyl (C=O) groups excluding carboxylic acids is 1. The predicted molar refractivity (Wildman–Crippen MR) is 119 cm³/mol. The van der Waals surface area contributed by atoms with Crippen LogP contribution in [0.5, 0.6) is 11.5 Å². The molecule has 3 rings (SSSR count). The van der Waals surface area contributed by atoms with Gasteiger partial charge in [-0.2, -0.15) is 0 Å². The summed E-state index contributed by atoms with van der Waals surface area (Å²) in [6, 6.07) is 16.0. The number of ether oxygens (including phenoxy) is 2. The van der Waals surface area contributed by atoms with Crippen LogP contribution in [0.1, 0.15) is 38.9 Å². The Balaban J connectivity index is 1.61.